The number of amides is 1. The molecule has 2 heterocycles. The molecule has 2 bridgehead atoms. The minimum Gasteiger partial charge on any atom is -0.373 e. The van der Waals surface area contributed by atoms with Gasteiger partial charge in [0.25, 0.3) is 0 Å². The first-order valence-corrected chi connectivity index (χ1v) is 12.6. The lowest BCUT2D eigenvalue weighted by molar-refractivity contribution is -0.170. The fourth-order valence-electron chi connectivity index (χ4n) is 6.02. The fourth-order valence-corrected chi connectivity index (χ4v) is 7.64. The van der Waals surface area contributed by atoms with Crippen LogP contribution < -0.4 is 5.73 Å². The molecule has 7 heteroatoms. The van der Waals surface area contributed by atoms with Crippen molar-refractivity contribution in [2.75, 3.05) is 38.2 Å². The van der Waals surface area contributed by atoms with Crippen LogP contribution in [-0.4, -0.2) is 58.2 Å². The van der Waals surface area contributed by atoms with Crippen LogP contribution in [0.2, 0.25) is 0 Å². The Morgan fingerprint density at radius 2 is 1.86 bits per heavy atom. The zero-order chi connectivity index (χ0) is 20.6. The topological polar surface area (TPSA) is 96.0 Å². The third-order valence-corrected chi connectivity index (χ3v) is 9.21. The van der Waals surface area contributed by atoms with Gasteiger partial charge in [0.05, 0.1) is 0 Å². The van der Waals surface area contributed by atoms with E-state index in [9.17, 15) is 13.9 Å². The first-order chi connectivity index (χ1) is 13.8. The van der Waals surface area contributed by atoms with Crippen LogP contribution >= 0.6 is 10.6 Å². The smallest absolute Gasteiger partial charge is 0.248 e. The zero-order valence-corrected chi connectivity index (χ0v) is 18.1. The Hall–Kier alpha value is -1.12. The van der Waals surface area contributed by atoms with Crippen molar-refractivity contribution in [1.29, 1.82) is 0 Å². The van der Waals surface area contributed by atoms with E-state index in [2.05, 4.69) is 11.0 Å². The van der Waals surface area contributed by atoms with Gasteiger partial charge in [0.2, 0.25) is 5.91 Å². The van der Waals surface area contributed by atoms with Crippen LogP contribution in [0.25, 0.3) is 0 Å². The lowest BCUT2D eigenvalue weighted by atomic mass is 9.62. The largest absolute Gasteiger partial charge is 0.373 e. The number of primary amides is 1. The van der Waals surface area contributed by atoms with Gasteiger partial charge < -0.3 is 15.4 Å². The molecule has 1 unspecified atom stereocenters. The van der Waals surface area contributed by atoms with Crippen molar-refractivity contribution in [2.45, 2.75) is 37.7 Å². The molecule has 3 fully saturated rings. The van der Waals surface area contributed by atoms with Gasteiger partial charge in [-0.1, -0.05) is 18.6 Å². The summed E-state index contributed by atoms with van der Waals surface area (Å²) in [4.78, 5) is 14.3. The van der Waals surface area contributed by atoms with E-state index in [-0.39, 0.29) is 5.60 Å². The molecular weight excluding hydrogens is 388 g/mol. The first kappa shape index (κ1) is 21.1. The number of ether oxygens (including phenoxy) is 1. The highest BCUT2D eigenvalue weighted by Crippen LogP contribution is 2.52. The Kier molecular flexibility index (Phi) is 5.97. The maximum Gasteiger partial charge on any atom is 0.248 e. The van der Waals surface area contributed by atoms with Crippen molar-refractivity contribution < 1.29 is 18.6 Å². The van der Waals surface area contributed by atoms with Crippen LogP contribution in [0.4, 0.5) is 0 Å². The highest BCUT2D eigenvalue weighted by atomic mass is 32.3. The van der Waals surface area contributed by atoms with Gasteiger partial charge in [-0.05, 0) is 49.3 Å². The maximum atomic E-state index is 11.7. The number of carbonyl (C=O) groups excluding carboxylic acids is 1. The average Bonchev–Trinajstić information content (AvgIpc) is 2.69. The molecule has 0 radical (unpaired) electrons. The number of fused-ring (bicyclic) bond motifs is 2. The second kappa shape index (κ2) is 8.19. The highest BCUT2D eigenvalue weighted by molar-refractivity contribution is 8.24. The highest BCUT2D eigenvalue weighted by Gasteiger charge is 2.53. The molecule has 1 saturated carbocycles. The quantitative estimate of drug-likeness (QED) is 0.675. The maximum absolute atomic E-state index is 11.7. The van der Waals surface area contributed by atoms with Gasteiger partial charge in [-0.15, -0.1) is 0 Å². The Bertz CT molecular complexity index is 732. The molecule has 0 spiro atoms. The number of likely N-dealkylation sites (tertiary alicyclic amines) is 1. The van der Waals surface area contributed by atoms with E-state index in [0.29, 0.717) is 34.8 Å². The molecule has 0 aromatic heterocycles. The summed E-state index contributed by atoms with van der Waals surface area (Å²) in [7, 11) is -0.508. The molecular formula is C22H34N2O4S. The number of benzene rings is 1. The third kappa shape index (κ3) is 4.08. The van der Waals surface area contributed by atoms with Crippen molar-refractivity contribution in [3.63, 3.8) is 0 Å². The van der Waals surface area contributed by atoms with E-state index in [1.807, 2.05) is 19.2 Å². The molecule has 1 aromatic rings. The van der Waals surface area contributed by atoms with Gasteiger partial charge in [-0.2, -0.15) is 10.6 Å². The second-order valence-corrected chi connectivity index (χ2v) is 11.6. The summed E-state index contributed by atoms with van der Waals surface area (Å²) >= 11 is 0. The number of hydrogen-bond donors (Lipinski definition) is 3. The van der Waals surface area contributed by atoms with Crippen molar-refractivity contribution in [2.24, 2.45) is 23.5 Å². The minimum absolute atomic E-state index is 0.359. The number of nitrogens with zero attached hydrogens (tertiary/aromatic N) is 1. The summed E-state index contributed by atoms with van der Waals surface area (Å²) in [5.41, 5.74) is 6.80. The van der Waals surface area contributed by atoms with Gasteiger partial charge >= 0.3 is 0 Å². The number of hydrogen-bond acceptors (Lipinski definition) is 5. The van der Waals surface area contributed by atoms with E-state index in [1.54, 1.807) is 6.07 Å². The van der Waals surface area contributed by atoms with Crippen LogP contribution in [0.15, 0.2) is 24.3 Å². The van der Waals surface area contributed by atoms with Crippen molar-refractivity contribution in [3.8, 4) is 0 Å². The van der Waals surface area contributed by atoms with Gasteiger partial charge in [0, 0.05) is 55.6 Å². The van der Waals surface area contributed by atoms with Gasteiger partial charge in [0.1, 0.15) is 5.60 Å². The summed E-state index contributed by atoms with van der Waals surface area (Å²) in [5, 5.41) is 0. The monoisotopic (exact) mass is 422 g/mol. The molecule has 3 aliphatic rings. The number of nitrogens with two attached hydrogens (primary N) is 1. The molecule has 162 valence electrons. The molecule has 1 amide bonds. The minimum atomic E-state index is -2.32. The molecule has 2 saturated heterocycles. The number of methoxy groups -OCH3 is 1. The summed E-state index contributed by atoms with van der Waals surface area (Å²) in [6.07, 6.45) is 5.27. The summed E-state index contributed by atoms with van der Waals surface area (Å²) < 4.78 is 26.1. The van der Waals surface area contributed by atoms with Crippen molar-refractivity contribution >= 4 is 16.5 Å². The Labute approximate surface area is 175 Å². The third-order valence-electron chi connectivity index (χ3n) is 7.43. The molecule has 6 nitrogen and oxygen atoms in total. The number of rotatable bonds is 5. The molecule has 2 aliphatic heterocycles. The van der Waals surface area contributed by atoms with Crippen molar-refractivity contribution in [3.05, 3.63) is 35.4 Å². The van der Waals surface area contributed by atoms with Gasteiger partial charge in [-0.3, -0.25) is 13.9 Å². The Morgan fingerprint density at radius 1 is 1.21 bits per heavy atom. The van der Waals surface area contributed by atoms with E-state index in [1.165, 1.54) is 6.42 Å². The standard InChI is InChI=1S/C22H34N2O4S/c1-28-22(18-5-2-4-17(12-18)21(23)25)19-6-3-7-20(22)15-24(14-19)13-16-8-10-29(26,27)11-9-16/h2,4-5,12,16,19-20,26-27H,3,6-11,13-15H2,1H3,(H2,23,25)/t19-,20+,22?. The SMILES string of the molecule is COC1(c2cccc(C(N)=O)c2)[C@@H]2CCC[C@H]1CN(CC1CCS(O)(O)CC1)C2. The van der Waals surface area contributed by atoms with E-state index in [0.717, 1.165) is 50.9 Å². The van der Waals surface area contributed by atoms with E-state index < -0.39 is 16.5 Å². The van der Waals surface area contributed by atoms with Crippen LogP contribution in [0, 0.1) is 17.8 Å². The van der Waals surface area contributed by atoms with Crippen LogP contribution in [0.1, 0.15) is 48.0 Å². The number of carbonyl (C=O) groups is 1. The zero-order valence-electron chi connectivity index (χ0n) is 17.3. The molecule has 29 heavy (non-hydrogen) atoms. The van der Waals surface area contributed by atoms with Crippen LogP contribution in [0.5, 0.6) is 0 Å². The molecule has 4 rings (SSSR count). The predicted molar refractivity (Wildman–Crippen MR) is 116 cm³/mol. The lowest BCUT2D eigenvalue weighted by Gasteiger charge is -2.56. The molecule has 3 atom stereocenters. The van der Waals surface area contributed by atoms with E-state index >= 15 is 0 Å². The van der Waals surface area contributed by atoms with Gasteiger partial charge in [-0.25, -0.2) is 0 Å². The second-order valence-electron chi connectivity index (χ2n) is 9.14. The lowest BCUT2D eigenvalue weighted by Crippen LogP contribution is -2.59. The van der Waals surface area contributed by atoms with E-state index in [4.69, 9.17) is 10.5 Å². The first-order valence-electron chi connectivity index (χ1n) is 10.8. The van der Waals surface area contributed by atoms with Crippen LogP contribution in [0.3, 0.4) is 0 Å². The Balaban J connectivity index is 1.53. The van der Waals surface area contributed by atoms with Gasteiger partial charge in [0.15, 0.2) is 0 Å². The van der Waals surface area contributed by atoms with Crippen molar-refractivity contribution in [1.82, 2.24) is 4.90 Å². The molecule has 4 N–H and O–H groups in total. The summed E-state index contributed by atoms with van der Waals surface area (Å²) in [6, 6.07) is 7.70. The fraction of sp³-hybridized carbons (Fsp3) is 0.682. The normalized spacial score (nSPS) is 33.9. The molecule has 1 aliphatic carbocycles. The predicted octanol–water partition coefficient (Wildman–Crippen LogP) is 3.52. The number of piperidine rings is 1. The Morgan fingerprint density at radius 3 is 2.45 bits per heavy atom. The van der Waals surface area contributed by atoms with Crippen LogP contribution in [-0.2, 0) is 10.3 Å². The summed E-state index contributed by atoms with van der Waals surface area (Å²) in [5.74, 6) is 2.02. The average molecular weight is 423 g/mol. The molecule has 1 aromatic carbocycles. The summed E-state index contributed by atoms with van der Waals surface area (Å²) in [6.45, 7) is 3.00.